The summed E-state index contributed by atoms with van der Waals surface area (Å²) in [7, 11) is 1.77. The average molecular weight is 348 g/mol. The highest BCUT2D eigenvalue weighted by atomic mass is 16.5. The maximum Gasteiger partial charge on any atom is 0.255 e. The minimum Gasteiger partial charge on any atom is -0.484 e. The first kappa shape index (κ1) is 20.8. The molecule has 6 heteroatoms. The Morgan fingerprint density at radius 3 is 2.68 bits per heavy atom. The van der Waals surface area contributed by atoms with E-state index in [0.29, 0.717) is 18.3 Å². The van der Waals surface area contributed by atoms with Crippen LogP contribution in [0.5, 0.6) is 5.75 Å². The van der Waals surface area contributed by atoms with Gasteiger partial charge in [-0.2, -0.15) is 0 Å². The first-order valence-corrected chi connectivity index (χ1v) is 8.88. The van der Waals surface area contributed by atoms with Gasteiger partial charge in [-0.3, -0.25) is 9.79 Å². The summed E-state index contributed by atoms with van der Waals surface area (Å²) >= 11 is 0. The van der Waals surface area contributed by atoms with Crippen molar-refractivity contribution in [2.75, 3.05) is 13.7 Å². The number of nitrogens with zero attached hydrogens (tertiary/aromatic N) is 1. The second kappa shape index (κ2) is 11.3. The predicted octanol–water partition coefficient (Wildman–Crippen LogP) is 2.43. The van der Waals surface area contributed by atoms with Gasteiger partial charge in [0.2, 0.25) is 0 Å². The highest BCUT2D eigenvalue weighted by molar-refractivity contribution is 5.79. The van der Waals surface area contributed by atoms with Crippen LogP contribution in [0.3, 0.4) is 0 Å². The first-order chi connectivity index (χ1) is 11.9. The summed E-state index contributed by atoms with van der Waals surface area (Å²) in [4.78, 5) is 15.1. The van der Waals surface area contributed by atoms with Gasteiger partial charge in [0, 0.05) is 19.6 Å². The molecule has 1 rings (SSSR count). The van der Waals surface area contributed by atoms with E-state index in [1.807, 2.05) is 18.2 Å². The molecule has 0 aromatic heterocycles. The van der Waals surface area contributed by atoms with Gasteiger partial charge in [0.05, 0.1) is 0 Å². The van der Waals surface area contributed by atoms with Crippen molar-refractivity contribution in [2.24, 2.45) is 16.6 Å². The Kier molecular flexibility index (Phi) is 9.43. The van der Waals surface area contributed by atoms with Crippen LogP contribution in [0.4, 0.5) is 0 Å². The van der Waals surface area contributed by atoms with E-state index in [1.165, 1.54) is 12.8 Å². The van der Waals surface area contributed by atoms with Gasteiger partial charge in [-0.25, -0.2) is 0 Å². The topological polar surface area (TPSA) is 88.7 Å². The van der Waals surface area contributed by atoms with Gasteiger partial charge in [-0.15, -0.1) is 0 Å². The molecule has 1 amide bonds. The van der Waals surface area contributed by atoms with Crippen molar-refractivity contribution in [3.05, 3.63) is 29.8 Å². The highest BCUT2D eigenvalue weighted by Crippen LogP contribution is 2.13. The molecule has 0 fully saturated rings. The van der Waals surface area contributed by atoms with Crippen LogP contribution >= 0.6 is 0 Å². The van der Waals surface area contributed by atoms with Crippen molar-refractivity contribution in [3.63, 3.8) is 0 Å². The number of nitrogens with one attached hydrogen (secondary N) is 2. The molecule has 0 aliphatic rings. The van der Waals surface area contributed by atoms with Gasteiger partial charge in [0.1, 0.15) is 5.75 Å². The molecule has 1 aromatic carbocycles. The molecule has 0 radical (unpaired) electrons. The minimum atomic E-state index is -0.486. The Labute approximate surface area is 151 Å². The van der Waals surface area contributed by atoms with E-state index in [0.717, 1.165) is 23.9 Å². The zero-order chi connectivity index (χ0) is 18.7. The maximum atomic E-state index is 10.8. The lowest BCUT2D eigenvalue weighted by Gasteiger charge is -2.18. The van der Waals surface area contributed by atoms with Crippen LogP contribution in [0.25, 0.3) is 0 Å². The molecule has 1 unspecified atom stereocenters. The molecule has 0 aliphatic carbocycles. The number of primary amides is 1. The molecular formula is C19H32N4O2. The lowest BCUT2D eigenvalue weighted by molar-refractivity contribution is -0.119. The standard InChI is InChI=1S/C19H32N4O2/c1-14(2)7-5-8-15(3)23-19(21-4)22-12-16-9-6-10-17(11-16)25-13-18(20)24/h6,9-11,14-15H,5,7-8,12-13H2,1-4H3,(H2,20,24)(H2,21,22,23). The van der Waals surface area contributed by atoms with Crippen LogP contribution in [0, 0.1) is 5.92 Å². The molecule has 25 heavy (non-hydrogen) atoms. The SMILES string of the molecule is CN=C(NCc1cccc(OCC(N)=O)c1)NC(C)CCCC(C)C. The fraction of sp³-hybridized carbons (Fsp3) is 0.579. The molecule has 0 saturated heterocycles. The van der Waals surface area contributed by atoms with Gasteiger partial charge < -0.3 is 21.1 Å². The average Bonchev–Trinajstić information content (AvgIpc) is 2.56. The Balaban J connectivity index is 2.43. The number of ether oxygens (including phenoxy) is 1. The molecule has 0 saturated carbocycles. The van der Waals surface area contributed by atoms with E-state index >= 15 is 0 Å². The molecule has 1 atom stereocenters. The lowest BCUT2D eigenvalue weighted by atomic mass is 10.0. The summed E-state index contributed by atoms with van der Waals surface area (Å²) in [6, 6.07) is 7.93. The predicted molar refractivity (Wildman–Crippen MR) is 103 cm³/mol. The molecule has 1 aromatic rings. The van der Waals surface area contributed by atoms with Crippen molar-refractivity contribution >= 4 is 11.9 Å². The quantitative estimate of drug-likeness (QED) is 0.447. The Morgan fingerprint density at radius 2 is 2.04 bits per heavy atom. The fourth-order valence-corrected chi connectivity index (χ4v) is 2.42. The first-order valence-electron chi connectivity index (χ1n) is 8.88. The number of carbonyl (C=O) groups excluding carboxylic acids is 1. The second-order valence-electron chi connectivity index (χ2n) is 6.70. The van der Waals surface area contributed by atoms with E-state index in [4.69, 9.17) is 10.5 Å². The van der Waals surface area contributed by atoms with E-state index in [2.05, 4.69) is 36.4 Å². The van der Waals surface area contributed by atoms with E-state index in [9.17, 15) is 4.79 Å². The number of hydrogen-bond acceptors (Lipinski definition) is 3. The summed E-state index contributed by atoms with van der Waals surface area (Å²) < 4.78 is 5.32. The monoisotopic (exact) mass is 348 g/mol. The highest BCUT2D eigenvalue weighted by Gasteiger charge is 2.06. The van der Waals surface area contributed by atoms with E-state index in [1.54, 1.807) is 13.1 Å². The van der Waals surface area contributed by atoms with E-state index < -0.39 is 5.91 Å². The van der Waals surface area contributed by atoms with Gasteiger partial charge in [0.25, 0.3) is 5.91 Å². The van der Waals surface area contributed by atoms with Gasteiger partial charge in [-0.05, 0) is 37.0 Å². The van der Waals surface area contributed by atoms with Crippen molar-refractivity contribution < 1.29 is 9.53 Å². The lowest BCUT2D eigenvalue weighted by Crippen LogP contribution is -2.41. The fourth-order valence-electron chi connectivity index (χ4n) is 2.42. The molecule has 4 N–H and O–H groups in total. The number of carbonyl (C=O) groups is 1. The molecule has 0 heterocycles. The number of benzene rings is 1. The second-order valence-corrected chi connectivity index (χ2v) is 6.70. The van der Waals surface area contributed by atoms with Crippen molar-refractivity contribution in [1.29, 1.82) is 0 Å². The Bertz CT molecular complexity index is 558. The number of nitrogens with two attached hydrogens (primary N) is 1. The van der Waals surface area contributed by atoms with Crippen LogP contribution in [0.15, 0.2) is 29.3 Å². The number of guanidine groups is 1. The molecular weight excluding hydrogens is 316 g/mol. The molecule has 0 bridgehead atoms. The molecule has 0 spiro atoms. The Morgan fingerprint density at radius 1 is 1.28 bits per heavy atom. The van der Waals surface area contributed by atoms with Crippen LogP contribution in [0.2, 0.25) is 0 Å². The summed E-state index contributed by atoms with van der Waals surface area (Å²) in [5.74, 6) is 1.66. The van der Waals surface area contributed by atoms with Crippen molar-refractivity contribution in [2.45, 2.75) is 52.6 Å². The summed E-state index contributed by atoms with van der Waals surface area (Å²) in [6.45, 7) is 7.17. The Hall–Kier alpha value is -2.24. The minimum absolute atomic E-state index is 0.117. The van der Waals surface area contributed by atoms with Crippen LogP contribution in [-0.2, 0) is 11.3 Å². The van der Waals surface area contributed by atoms with E-state index in [-0.39, 0.29) is 6.61 Å². The van der Waals surface area contributed by atoms with Crippen LogP contribution < -0.4 is 21.1 Å². The van der Waals surface area contributed by atoms with Crippen molar-refractivity contribution in [3.8, 4) is 5.75 Å². The van der Waals surface area contributed by atoms with Gasteiger partial charge in [-0.1, -0.05) is 38.8 Å². The van der Waals surface area contributed by atoms with Crippen LogP contribution in [0.1, 0.15) is 45.6 Å². The van der Waals surface area contributed by atoms with Gasteiger partial charge in [0.15, 0.2) is 12.6 Å². The summed E-state index contributed by atoms with van der Waals surface area (Å²) in [5.41, 5.74) is 6.13. The smallest absolute Gasteiger partial charge is 0.255 e. The summed E-state index contributed by atoms with van der Waals surface area (Å²) in [5, 5.41) is 6.71. The largest absolute Gasteiger partial charge is 0.484 e. The molecule has 6 nitrogen and oxygen atoms in total. The summed E-state index contributed by atoms with van der Waals surface area (Å²) in [6.07, 6.45) is 3.58. The number of rotatable bonds is 10. The third kappa shape index (κ3) is 9.59. The normalized spacial score (nSPS) is 12.8. The number of aliphatic imine (C=N–C) groups is 1. The maximum absolute atomic E-state index is 10.8. The molecule has 0 aliphatic heterocycles. The van der Waals surface area contributed by atoms with Gasteiger partial charge >= 0.3 is 0 Å². The molecule has 140 valence electrons. The van der Waals surface area contributed by atoms with Crippen LogP contribution in [-0.4, -0.2) is 31.6 Å². The number of hydrogen-bond donors (Lipinski definition) is 3. The zero-order valence-electron chi connectivity index (χ0n) is 15.8. The third-order valence-electron chi connectivity index (χ3n) is 3.76. The number of amides is 1. The van der Waals surface area contributed by atoms with Crippen molar-refractivity contribution in [1.82, 2.24) is 10.6 Å². The third-order valence-corrected chi connectivity index (χ3v) is 3.76. The zero-order valence-corrected chi connectivity index (χ0v) is 15.8.